The van der Waals surface area contributed by atoms with Gasteiger partial charge in [-0.1, -0.05) is 6.07 Å². The van der Waals surface area contributed by atoms with Gasteiger partial charge in [-0.05, 0) is 36.4 Å². The van der Waals surface area contributed by atoms with E-state index in [2.05, 4.69) is 9.97 Å². The van der Waals surface area contributed by atoms with Gasteiger partial charge in [0.05, 0.1) is 31.9 Å². The Labute approximate surface area is 181 Å². The van der Waals surface area contributed by atoms with E-state index in [1.165, 1.54) is 37.4 Å². The SMILES string of the molecule is COc1ccc(OC)c(-c2ncc3c(n2)OCCN(c2cccc(C(F)(F)F)c2)C3=O)c1. The number of hydrogen-bond donors (Lipinski definition) is 0. The Morgan fingerprint density at radius 1 is 1.06 bits per heavy atom. The second kappa shape index (κ2) is 8.37. The Balaban J connectivity index is 1.72. The fraction of sp³-hybridized carbons (Fsp3) is 0.227. The highest BCUT2D eigenvalue weighted by Gasteiger charge is 2.32. The van der Waals surface area contributed by atoms with E-state index < -0.39 is 17.6 Å². The van der Waals surface area contributed by atoms with E-state index in [4.69, 9.17) is 14.2 Å². The van der Waals surface area contributed by atoms with Crippen molar-refractivity contribution in [3.8, 4) is 28.8 Å². The van der Waals surface area contributed by atoms with Crippen LogP contribution < -0.4 is 19.1 Å². The third-order valence-electron chi connectivity index (χ3n) is 4.92. The molecule has 1 aliphatic rings. The van der Waals surface area contributed by atoms with Crippen LogP contribution in [0.4, 0.5) is 18.9 Å². The molecule has 166 valence electrons. The highest BCUT2D eigenvalue weighted by atomic mass is 19.4. The summed E-state index contributed by atoms with van der Waals surface area (Å²) in [7, 11) is 3.02. The normalized spacial score (nSPS) is 13.8. The van der Waals surface area contributed by atoms with Gasteiger partial charge in [-0.15, -0.1) is 0 Å². The van der Waals surface area contributed by atoms with Gasteiger partial charge in [-0.3, -0.25) is 4.79 Å². The maximum Gasteiger partial charge on any atom is 0.416 e. The molecule has 3 aromatic rings. The number of hydrogen-bond acceptors (Lipinski definition) is 6. The van der Waals surface area contributed by atoms with Crippen molar-refractivity contribution < 1.29 is 32.2 Å². The molecule has 0 spiro atoms. The molecule has 2 aromatic carbocycles. The van der Waals surface area contributed by atoms with Gasteiger partial charge in [0.2, 0.25) is 5.88 Å². The molecule has 0 radical (unpaired) electrons. The molecule has 7 nitrogen and oxygen atoms in total. The summed E-state index contributed by atoms with van der Waals surface area (Å²) in [4.78, 5) is 23.0. The third kappa shape index (κ3) is 4.03. The first-order chi connectivity index (χ1) is 15.3. The van der Waals surface area contributed by atoms with Crippen LogP contribution >= 0.6 is 0 Å². The summed E-state index contributed by atoms with van der Waals surface area (Å²) in [6.45, 7) is 0.0923. The molecule has 0 fully saturated rings. The first kappa shape index (κ1) is 21.4. The number of methoxy groups -OCH3 is 2. The maximum atomic E-state index is 13.1. The molecular formula is C22H18F3N3O4. The number of rotatable bonds is 4. The largest absolute Gasteiger partial charge is 0.497 e. The van der Waals surface area contributed by atoms with Gasteiger partial charge in [-0.25, -0.2) is 4.98 Å². The molecular weight excluding hydrogens is 427 g/mol. The number of amides is 1. The molecule has 0 bridgehead atoms. The van der Waals surface area contributed by atoms with Crippen molar-refractivity contribution in [1.82, 2.24) is 9.97 Å². The zero-order valence-corrected chi connectivity index (χ0v) is 17.1. The lowest BCUT2D eigenvalue weighted by atomic mass is 10.1. The van der Waals surface area contributed by atoms with Crippen LogP contribution in [0, 0.1) is 0 Å². The number of carbonyl (C=O) groups excluding carboxylic acids is 1. The van der Waals surface area contributed by atoms with Crippen LogP contribution in [0.3, 0.4) is 0 Å². The number of nitrogens with zero attached hydrogens (tertiary/aromatic N) is 3. The predicted molar refractivity (Wildman–Crippen MR) is 109 cm³/mol. The molecule has 1 aliphatic heterocycles. The van der Waals surface area contributed by atoms with E-state index in [0.717, 1.165) is 12.1 Å². The smallest absolute Gasteiger partial charge is 0.416 e. The minimum absolute atomic E-state index is 0.0411. The van der Waals surface area contributed by atoms with Crippen molar-refractivity contribution in [2.75, 3.05) is 32.3 Å². The van der Waals surface area contributed by atoms with E-state index in [0.29, 0.717) is 17.1 Å². The van der Waals surface area contributed by atoms with Crippen molar-refractivity contribution >= 4 is 11.6 Å². The lowest BCUT2D eigenvalue weighted by Crippen LogP contribution is -2.32. The fourth-order valence-electron chi connectivity index (χ4n) is 3.32. The molecule has 0 aliphatic carbocycles. The van der Waals surface area contributed by atoms with Crippen LogP contribution in [0.25, 0.3) is 11.4 Å². The number of fused-ring (bicyclic) bond motifs is 1. The van der Waals surface area contributed by atoms with E-state index in [1.54, 1.807) is 18.2 Å². The Bertz CT molecular complexity index is 1170. The first-order valence-corrected chi connectivity index (χ1v) is 9.53. The molecule has 0 saturated heterocycles. The summed E-state index contributed by atoms with van der Waals surface area (Å²) in [5, 5.41) is 0. The van der Waals surface area contributed by atoms with Gasteiger partial charge in [0.25, 0.3) is 5.91 Å². The lowest BCUT2D eigenvalue weighted by molar-refractivity contribution is -0.137. The number of anilines is 1. The fourth-order valence-corrected chi connectivity index (χ4v) is 3.32. The Kier molecular flexibility index (Phi) is 5.60. The number of halogens is 3. The number of aromatic nitrogens is 2. The van der Waals surface area contributed by atoms with Crippen molar-refractivity contribution in [3.05, 3.63) is 59.8 Å². The second-order valence-corrected chi connectivity index (χ2v) is 6.83. The van der Waals surface area contributed by atoms with Gasteiger partial charge in [0.15, 0.2) is 5.82 Å². The standard InChI is InChI=1S/C22H18F3N3O4/c1-30-15-6-7-18(31-2)16(11-15)19-26-12-17-20(27-19)32-9-8-28(21(17)29)14-5-3-4-13(10-14)22(23,24)25/h3-7,10-12H,8-9H2,1-2H3. The van der Waals surface area contributed by atoms with Crippen molar-refractivity contribution in [3.63, 3.8) is 0 Å². The summed E-state index contributed by atoms with van der Waals surface area (Å²) in [6.07, 6.45) is -3.22. The number of alkyl halides is 3. The van der Waals surface area contributed by atoms with Gasteiger partial charge in [-0.2, -0.15) is 18.2 Å². The predicted octanol–water partition coefficient (Wildman–Crippen LogP) is 4.22. The first-order valence-electron chi connectivity index (χ1n) is 9.53. The van der Waals surface area contributed by atoms with Crippen molar-refractivity contribution in [2.24, 2.45) is 0 Å². The molecule has 4 rings (SSSR count). The zero-order valence-electron chi connectivity index (χ0n) is 17.1. The Hall–Kier alpha value is -3.82. The van der Waals surface area contributed by atoms with E-state index >= 15 is 0 Å². The second-order valence-electron chi connectivity index (χ2n) is 6.83. The highest BCUT2D eigenvalue weighted by molar-refractivity contribution is 6.07. The monoisotopic (exact) mass is 445 g/mol. The van der Waals surface area contributed by atoms with E-state index in [1.807, 2.05) is 0 Å². The minimum atomic E-state index is -4.52. The Morgan fingerprint density at radius 3 is 2.59 bits per heavy atom. The third-order valence-corrected chi connectivity index (χ3v) is 4.92. The minimum Gasteiger partial charge on any atom is -0.497 e. The van der Waals surface area contributed by atoms with Crippen molar-refractivity contribution in [2.45, 2.75) is 6.18 Å². The van der Waals surface area contributed by atoms with Crippen LogP contribution in [0.5, 0.6) is 17.4 Å². The summed E-state index contributed by atoms with van der Waals surface area (Å²) >= 11 is 0. The van der Waals surface area contributed by atoms with E-state index in [-0.39, 0.29) is 36.1 Å². The van der Waals surface area contributed by atoms with Crippen LogP contribution in [0.15, 0.2) is 48.7 Å². The molecule has 10 heteroatoms. The van der Waals surface area contributed by atoms with Gasteiger partial charge in [0, 0.05) is 11.9 Å². The molecule has 32 heavy (non-hydrogen) atoms. The van der Waals surface area contributed by atoms with Crippen LogP contribution in [0.1, 0.15) is 15.9 Å². The summed E-state index contributed by atoms with van der Waals surface area (Å²) in [5.74, 6) is 0.795. The average molecular weight is 445 g/mol. The number of ether oxygens (including phenoxy) is 3. The topological polar surface area (TPSA) is 73.8 Å². The molecule has 1 amide bonds. The van der Waals surface area contributed by atoms with Crippen molar-refractivity contribution in [1.29, 1.82) is 0 Å². The highest BCUT2D eigenvalue weighted by Crippen LogP contribution is 2.35. The quantitative estimate of drug-likeness (QED) is 0.599. The zero-order chi connectivity index (χ0) is 22.9. The molecule has 1 aromatic heterocycles. The summed E-state index contributed by atoms with van der Waals surface area (Å²) in [6, 6.07) is 9.69. The number of carbonyl (C=O) groups is 1. The summed E-state index contributed by atoms with van der Waals surface area (Å²) < 4.78 is 55.6. The molecule has 0 atom stereocenters. The molecule has 0 unspecified atom stereocenters. The number of benzene rings is 2. The Morgan fingerprint density at radius 2 is 1.88 bits per heavy atom. The molecule has 0 saturated carbocycles. The molecule has 0 N–H and O–H groups in total. The lowest BCUT2D eigenvalue weighted by Gasteiger charge is -2.21. The van der Waals surface area contributed by atoms with Gasteiger partial charge < -0.3 is 19.1 Å². The van der Waals surface area contributed by atoms with E-state index in [9.17, 15) is 18.0 Å². The van der Waals surface area contributed by atoms with Crippen LogP contribution in [-0.2, 0) is 6.18 Å². The average Bonchev–Trinajstić information content (AvgIpc) is 2.96. The van der Waals surface area contributed by atoms with Crippen LogP contribution in [-0.4, -0.2) is 43.2 Å². The van der Waals surface area contributed by atoms with Gasteiger partial charge in [0.1, 0.15) is 23.7 Å². The summed E-state index contributed by atoms with van der Waals surface area (Å²) in [5.41, 5.74) is -0.153. The van der Waals surface area contributed by atoms with Gasteiger partial charge >= 0.3 is 6.18 Å². The molecule has 2 heterocycles. The maximum absolute atomic E-state index is 13.1. The van der Waals surface area contributed by atoms with Crippen LogP contribution in [0.2, 0.25) is 0 Å².